The molecule has 0 spiro atoms. The van der Waals surface area contributed by atoms with E-state index < -0.39 is 4.92 Å². The van der Waals surface area contributed by atoms with Gasteiger partial charge in [0.05, 0.1) is 4.92 Å². The first-order valence-corrected chi connectivity index (χ1v) is 6.16. The summed E-state index contributed by atoms with van der Waals surface area (Å²) in [4.78, 5) is 18.2. The topological polar surface area (TPSA) is 94.9 Å². The van der Waals surface area contributed by atoms with Crippen molar-refractivity contribution in [1.82, 2.24) is 9.97 Å². The molecule has 1 aromatic carbocycles. The van der Waals surface area contributed by atoms with Crippen molar-refractivity contribution in [3.63, 3.8) is 0 Å². The van der Waals surface area contributed by atoms with Crippen LogP contribution < -0.4 is 5.73 Å². The zero-order chi connectivity index (χ0) is 14.9. The summed E-state index contributed by atoms with van der Waals surface area (Å²) in [5.74, 6) is -0.125. The van der Waals surface area contributed by atoms with E-state index in [1.54, 1.807) is 0 Å². The number of hydrogen-bond donors (Lipinski definition) is 1. The van der Waals surface area contributed by atoms with Gasteiger partial charge in [-0.05, 0) is 11.0 Å². The number of nitrogen functional groups attached to an aromatic ring is 1. The van der Waals surface area contributed by atoms with Crippen LogP contribution in [-0.4, -0.2) is 14.9 Å². The molecule has 0 atom stereocenters. The highest BCUT2D eigenvalue weighted by Crippen LogP contribution is 2.32. The van der Waals surface area contributed by atoms with Crippen molar-refractivity contribution in [2.75, 3.05) is 5.73 Å². The van der Waals surface area contributed by atoms with Gasteiger partial charge in [0.1, 0.15) is 6.33 Å². The lowest BCUT2D eigenvalue weighted by Crippen LogP contribution is -2.10. The lowest BCUT2D eigenvalue weighted by atomic mass is 9.86. The van der Waals surface area contributed by atoms with E-state index in [4.69, 9.17) is 5.73 Å². The molecule has 20 heavy (non-hydrogen) atoms. The molecule has 0 fully saturated rings. The molecule has 0 bridgehead atoms. The average Bonchev–Trinajstić information content (AvgIpc) is 2.37. The standard InChI is InChI=1S/C14H16N4O2/c1-14(2,3)10-6-4-9(5-7-10)11-12(18(19)20)13(15)17-8-16-11/h4-8H,1-3H3,(H2,15,16,17). The second-order valence-electron chi connectivity index (χ2n) is 5.54. The van der Waals surface area contributed by atoms with Crippen molar-refractivity contribution >= 4 is 11.5 Å². The molecule has 0 unspecified atom stereocenters. The second-order valence-corrected chi connectivity index (χ2v) is 5.54. The monoisotopic (exact) mass is 272 g/mol. The van der Waals surface area contributed by atoms with Crippen LogP contribution in [0.15, 0.2) is 30.6 Å². The highest BCUT2D eigenvalue weighted by molar-refractivity contribution is 5.75. The Labute approximate surface area is 116 Å². The molecule has 0 aliphatic rings. The predicted molar refractivity (Wildman–Crippen MR) is 77.2 cm³/mol. The first kappa shape index (κ1) is 13.9. The third kappa shape index (κ3) is 2.59. The van der Waals surface area contributed by atoms with Crippen LogP contribution in [0.2, 0.25) is 0 Å². The molecule has 0 aliphatic heterocycles. The van der Waals surface area contributed by atoms with Gasteiger partial charge in [-0.15, -0.1) is 0 Å². The second kappa shape index (κ2) is 4.88. The molecule has 2 aromatic rings. The van der Waals surface area contributed by atoms with E-state index in [2.05, 4.69) is 30.7 Å². The normalized spacial score (nSPS) is 11.3. The minimum absolute atomic E-state index is 0.0230. The third-order valence-electron chi connectivity index (χ3n) is 3.06. The summed E-state index contributed by atoms with van der Waals surface area (Å²) in [6.07, 6.45) is 1.23. The van der Waals surface area contributed by atoms with E-state index in [0.717, 1.165) is 5.56 Å². The van der Waals surface area contributed by atoms with Gasteiger partial charge in [-0.2, -0.15) is 0 Å². The molecule has 0 radical (unpaired) electrons. The summed E-state index contributed by atoms with van der Waals surface area (Å²) in [5.41, 5.74) is 7.37. The maximum Gasteiger partial charge on any atom is 0.337 e. The highest BCUT2D eigenvalue weighted by Gasteiger charge is 2.22. The fourth-order valence-electron chi connectivity index (χ4n) is 1.91. The molecular formula is C14H16N4O2. The van der Waals surface area contributed by atoms with Gasteiger partial charge in [-0.25, -0.2) is 9.97 Å². The van der Waals surface area contributed by atoms with E-state index in [0.29, 0.717) is 5.56 Å². The minimum Gasteiger partial charge on any atom is -0.378 e. The number of nitrogens with zero attached hydrogens (tertiary/aromatic N) is 3. The van der Waals surface area contributed by atoms with Gasteiger partial charge >= 0.3 is 5.69 Å². The van der Waals surface area contributed by atoms with Gasteiger partial charge in [-0.1, -0.05) is 45.0 Å². The highest BCUT2D eigenvalue weighted by atomic mass is 16.6. The van der Waals surface area contributed by atoms with Gasteiger partial charge in [0.25, 0.3) is 0 Å². The average molecular weight is 272 g/mol. The third-order valence-corrected chi connectivity index (χ3v) is 3.06. The first-order valence-electron chi connectivity index (χ1n) is 6.16. The van der Waals surface area contributed by atoms with Crippen molar-refractivity contribution in [3.8, 4) is 11.3 Å². The first-order chi connectivity index (χ1) is 9.30. The zero-order valence-corrected chi connectivity index (χ0v) is 11.6. The molecule has 2 N–H and O–H groups in total. The largest absolute Gasteiger partial charge is 0.378 e. The van der Waals surface area contributed by atoms with Crippen LogP contribution in [0.4, 0.5) is 11.5 Å². The molecule has 6 nitrogen and oxygen atoms in total. The summed E-state index contributed by atoms with van der Waals surface area (Å²) in [6, 6.07) is 7.51. The Morgan fingerprint density at radius 2 is 1.75 bits per heavy atom. The van der Waals surface area contributed by atoms with E-state index in [-0.39, 0.29) is 22.6 Å². The Morgan fingerprint density at radius 1 is 1.15 bits per heavy atom. The number of anilines is 1. The molecule has 0 aliphatic carbocycles. The molecule has 0 saturated carbocycles. The van der Waals surface area contributed by atoms with Crippen molar-refractivity contribution in [1.29, 1.82) is 0 Å². The molecule has 0 amide bonds. The summed E-state index contributed by atoms with van der Waals surface area (Å²) < 4.78 is 0. The van der Waals surface area contributed by atoms with Crippen LogP contribution in [0, 0.1) is 10.1 Å². The summed E-state index contributed by atoms with van der Waals surface area (Å²) in [5, 5.41) is 11.1. The molecule has 0 saturated heterocycles. The molecule has 1 heterocycles. The van der Waals surface area contributed by atoms with Crippen molar-refractivity contribution < 1.29 is 4.92 Å². The maximum absolute atomic E-state index is 11.1. The number of benzene rings is 1. The molecular weight excluding hydrogens is 256 g/mol. The van der Waals surface area contributed by atoms with Crippen molar-refractivity contribution in [2.45, 2.75) is 26.2 Å². The smallest absolute Gasteiger partial charge is 0.337 e. The Balaban J connectivity index is 2.53. The number of aromatic nitrogens is 2. The van der Waals surface area contributed by atoms with Gasteiger partial charge in [-0.3, -0.25) is 10.1 Å². The van der Waals surface area contributed by atoms with E-state index in [9.17, 15) is 10.1 Å². The Kier molecular flexibility index (Phi) is 3.40. The number of hydrogen-bond acceptors (Lipinski definition) is 5. The van der Waals surface area contributed by atoms with Gasteiger partial charge in [0, 0.05) is 5.56 Å². The summed E-state index contributed by atoms with van der Waals surface area (Å²) in [6.45, 7) is 6.31. The Bertz CT molecular complexity index is 645. The Hall–Kier alpha value is -2.50. The predicted octanol–water partition coefficient (Wildman–Crippen LogP) is 2.93. The van der Waals surface area contributed by atoms with Crippen LogP contribution in [-0.2, 0) is 5.41 Å². The summed E-state index contributed by atoms with van der Waals surface area (Å²) >= 11 is 0. The van der Waals surface area contributed by atoms with Crippen LogP contribution >= 0.6 is 0 Å². The van der Waals surface area contributed by atoms with Gasteiger partial charge < -0.3 is 5.73 Å². The number of nitrogens with two attached hydrogens (primary N) is 1. The molecule has 6 heteroatoms. The lowest BCUT2D eigenvalue weighted by Gasteiger charge is -2.19. The summed E-state index contributed by atoms with van der Waals surface area (Å²) in [7, 11) is 0. The zero-order valence-electron chi connectivity index (χ0n) is 11.6. The van der Waals surface area contributed by atoms with Gasteiger partial charge in [0.2, 0.25) is 5.82 Å². The minimum atomic E-state index is -0.553. The fourth-order valence-corrected chi connectivity index (χ4v) is 1.91. The van der Waals surface area contributed by atoms with Crippen LogP contribution in [0.25, 0.3) is 11.3 Å². The van der Waals surface area contributed by atoms with E-state index in [1.807, 2.05) is 24.3 Å². The Morgan fingerprint density at radius 3 is 2.25 bits per heavy atom. The van der Waals surface area contributed by atoms with Crippen molar-refractivity contribution in [2.24, 2.45) is 0 Å². The van der Waals surface area contributed by atoms with Crippen LogP contribution in [0.3, 0.4) is 0 Å². The van der Waals surface area contributed by atoms with E-state index >= 15 is 0 Å². The SMILES string of the molecule is CC(C)(C)c1ccc(-c2ncnc(N)c2[N+](=O)[O-])cc1. The fraction of sp³-hybridized carbons (Fsp3) is 0.286. The van der Waals surface area contributed by atoms with Crippen molar-refractivity contribution in [3.05, 3.63) is 46.3 Å². The maximum atomic E-state index is 11.1. The van der Waals surface area contributed by atoms with Gasteiger partial charge in [0.15, 0.2) is 5.69 Å². The number of nitro groups is 1. The molecule has 2 rings (SSSR count). The molecule has 104 valence electrons. The quantitative estimate of drug-likeness (QED) is 0.669. The van der Waals surface area contributed by atoms with Crippen LogP contribution in [0.5, 0.6) is 0 Å². The number of rotatable bonds is 2. The lowest BCUT2D eigenvalue weighted by molar-refractivity contribution is -0.383. The van der Waals surface area contributed by atoms with Crippen LogP contribution in [0.1, 0.15) is 26.3 Å². The van der Waals surface area contributed by atoms with E-state index in [1.165, 1.54) is 6.33 Å². The molecule has 1 aromatic heterocycles.